The summed E-state index contributed by atoms with van der Waals surface area (Å²) in [6, 6.07) is 16.6. The van der Waals surface area contributed by atoms with Gasteiger partial charge in [-0.25, -0.2) is 0 Å². The Balaban J connectivity index is 1.54. The minimum Gasteiger partial charge on any atom is -0.360 e. The molecule has 0 atom stereocenters. The summed E-state index contributed by atoms with van der Waals surface area (Å²) in [7, 11) is 0. The van der Waals surface area contributed by atoms with Crippen molar-refractivity contribution >= 4 is 29.0 Å². The second-order valence-corrected chi connectivity index (χ2v) is 6.80. The van der Waals surface area contributed by atoms with E-state index in [0.29, 0.717) is 6.54 Å². The Morgan fingerprint density at radius 1 is 1.00 bits per heavy atom. The lowest BCUT2D eigenvalue weighted by Crippen LogP contribution is -2.41. The molecule has 0 spiro atoms. The number of benzene rings is 2. The van der Waals surface area contributed by atoms with Crippen LogP contribution in [-0.2, 0) is 11.2 Å². The van der Waals surface area contributed by atoms with Gasteiger partial charge in [-0.1, -0.05) is 30.3 Å². The highest BCUT2D eigenvalue weighted by atomic mass is 32.2. The summed E-state index contributed by atoms with van der Waals surface area (Å²) < 4.78 is 0. The predicted molar refractivity (Wildman–Crippen MR) is 91.9 cm³/mol. The van der Waals surface area contributed by atoms with Gasteiger partial charge in [0.25, 0.3) is 0 Å². The number of amides is 1. The largest absolute Gasteiger partial charge is 0.360 e. The molecule has 2 aromatic rings. The van der Waals surface area contributed by atoms with E-state index in [9.17, 15) is 4.79 Å². The number of para-hydroxylation sites is 2. The second kappa shape index (κ2) is 5.69. The lowest BCUT2D eigenvalue weighted by Gasteiger charge is -2.31. The fraction of sp³-hybridized carbons (Fsp3) is 0.278. The molecule has 22 heavy (non-hydrogen) atoms. The molecule has 0 unspecified atom stereocenters. The van der Waals surface area contributed by atoms with Crippen molar-refractivity contribution in [1.82, 2.24) is 0 Å². The first kappa shape index (κ1) is 13.7. The van der Waals surface area contributed by atoms with Gasteiger partial charge in [-0.2, -0.15) is 0 Å². The van der Waals surface area contributed by atoms with Gasteiger partial charge in [-0.3, -0.25) is 4.79 Å². The smallest absolute Gasteiger partial charge is 0.246 e. The third-order valence-corrected chi connectivity index (χ3v) is 5.38. The minimum absolute atomic E-state index is 0.201. The Bertz CT molecular complexity index is 716. The van der Waals surface area contributed by atoms with Crippen molar-refractivity contribution in [2.24, 2.45) is 0 Å². The van der Waals surface area contributed by atoms with Crippen LogP contribution in [0.15, 0.2) is 53.4 Å². The maximum absolute atomic E-state index is 12.8. The fourth-order valence-electron chi connectivity index (χ4n) is 3.24. The van der Waals surface area contributed by atoms with E-state index < -0.39 is 0 Å². The molecule has 0 saturated carbocycles. The standard InChI is InChI=1S/C18H18N2OS/c21-18(20-10-9-14-5-1-2-6-15(14)20)13-19-11-12-22-17-8-4-3-7-16(17)19/h1-8H,9-13H2. The molecule has 3 nitrogen and oxygen atoms in total. The van der Waals surface area contributed by atoms with E-state index in [0.717, 1.165) is 31.0 Å². The van der Waals surface area contributed by atoms with Crippen LogP contribution in [-0.4, -0.2) is 31.3 Å². The van der Waals surface area contributed by atoms with E-state index in [4.69, 9.17) is 0 Å². The van der Waals surface area contributed by atoms with Crippen LogP contribution < -0.4 is 9.80 Å². The summed E-state index contributed by atoms with van der Waals surface area (Å²) in [5, 5.41) is 0. The molecule has 0 fully saturated rings. The van der Waals surface area contributed by atoms with Crippen LogP contribution in [0, 0.1) is 0 Å². The Morgan fingerprint density at radius 3 is 2.68 bits per heavy atom. The molecule has 1 amide bonds. The van der Waals surface area contributed by atoms with Gasteiger partial charge in [-0.15, -0.1) is 11.8 Å². The fourth-order valence-corrected chi connectivity index (χ4v) is 4.29. The number of nitrogens with zero attached hydrogens (tertiary/aromatic N) is 2. The van der Waals surface area contributed by atoms with Crippen LogP contribution in [0.2, 0.25) is 0 Å². The van der Waals surface area contributed by atoms with E-state index in [-0.39, 0.29) is 5.91 Å². The first-order valence-electron chi connectivity index (χ1n) is 7.68. The number of anilines is 2. The SMILES string of the molecule is O=C(CN1CCSc2ccccc21)N1CCc2ccccc21. The highest BCUT2D eigenvalue weighted by Gasteiger charge is 2.27. The van der Waals surface area contributed by atoms with Gasteiger partial charge in [0, 0.05) is 29.4 Å². The summed E-state index contributed by atoms with van der Waals surface area (Å²) in [6.07, 6.45) is 0.967. The number of thioether (sulfide) groups is 1. The van der Waals surface area contributed by atoms with Crippen LogP contribution in [0.4, 0.5) is 11.4 Å². The molecule has 0 saturated heterocycles. The van der Waals surface area contributed by atoms with Crippen molar-refractivity contribution in [1.29, 1.82) is 0 Å². The molecule has 0 radical (unpaired) electrons. The molecule has 2 aliphatic heterocycles. The lowest BCUT2D eigenvalue weighted by molar-refractivity contribution is -0.117. The van der Waals surface area contributed by atoms with Gasteiger partial charge in [-0.05, 0) is 30.2 Å². The van der Waals surface area contributed by atoms with Crippen LogP contribution in [0.3, 0.4) is 0 Å². The molecule has 0 aliphatic carbocycles. The van der Waals surface area contributed by atoms with Crippen molar-refractivity contribution in [2.45, 2.75) is 11.3 Å². The monoisotopic (exact) mass is 310 g/mol. The maximum Gasteiger partial charge on any atom is 0.246 e. The first-order chi connectivity index (χ1) is 10.8. The van der Waals surface area contributed by atoms with Crippen LogP contribution in [0.1, 0.15) is 5.56 Å². The number of fused-ring (bicyclic) bond motifs is 2. The number of carbonyl (C=O) groups excluding carboxylic acids is 1. The minimum atomic E-state index is 0.201. The van der Waals surface area contributed by atoms with Crippen molar-refractivity contribution in [2.75, 3.05) is 35.2 Å². The van der Waals surface area contributed by atoms with Gasteiger partial charge >= 0.3 is 0 Å². The molecule has 4 heteroatoms. The number of hydrogen-bond donors (Lipinski definition) is 0. The first-order valence-corrected chi connectivity index (χ1v) is 8.66. The normalized spacial score (nSPS) is 16.4. The van der Waals surface area contributed by atoms with Gasteiger partial charge in [0.05, 0.1) is 12.2 Å². The molecule has 2 aromatic carbocycles. The quantitative estimate of drug-likeness (QED) is 0.851. The second-order valence-electron chi connectivity index (χ2n) is 5.66. The zero-order valence-corrected chi connectivity index (χ0v) is 13.2. The third kappa shape index (κ3) is 2.37. The Labute approximate surface area is 134 Å². The summed E-state index contributed by atoms with van der Waals surface area (Å²) in [4.78, 5) is 18.2. The summed E-state index contributed by atoms with van der Waals surface area (Å²) >= 11 is 1.87. The van der Waals surface area contributed by atoms with E-state index in [1.54, 1.807) is 0 Å². The highest BCUT2D eigenvalue weighted by Crippen LogP contribution is 2.34. The number of hydrogen-bond acceptors (Lipinski definition) is 3. The Morgan fingerprint density at radius 2 is 1.77 bits per heavy atom. The molecule has 2 aliphatic rings. The number of rotatable bonds is 2. The molecular weight excluding hydrogens is 292 g/mol. The van der Waals surface area contributed by atoms with Gasteiger partial charge in [0.1, 0.15) is 0 Å². The molecule has 4 rings (SSSR count). The Kier molecular flexibility index (Phi) is 3.54. The Hall–Kier alpha value is -1.94. The highest BCUT2D eigenvalue weighted by molar-refractivity contribution is 7.99. The van der Waals surface area contributed by atoms with Gasteiger partial charge in [0.2, 0.25) is 5.91 Å². The zero-order chi connectivity index (χ0) is 14.9. The third-order valence-electron chi connectivity index (χ3n) is 4.34. The van der Waals surface area contributed by atoms with E-state index in [1.807, 2.05) is 34.9 Å². The van der Waals surface area contributed by atoms with Crippen molar-refractivity contribution in [3.63, 3.8) is 0 Å². The van der Waals surface area contributed by atoms with Crippen molar-refractivity contribution in [3.8, 4) is 0 Å². The molecule has 2 heterocycles. The number of carbonyl (C=O) groups is 1. The molecule has 0 bridgehead atoms. The summed E-state index contributed by atoms with van der Waals surface area (Å²) in [6.45, 7) is 2.21. The van der Waals surface area contributed by atoms with Crippen molar-refractivity contribution < 1.29 is 4.79 Å². The maximum atomic E-state index is 12.8. The van der Waals surface area contributed by atoms with E-state index in [2.05, 4.69) is 35.2 Å². The molecular formula is C18H18N2OS. The average Bonchev–Trinajstić information content (AvgIpc) is 2.99. The molecule has 0 aromatic heterocycles. The molecule has 112 valence electrons. The van der Waals surface area contributed by atoms with E-state index >= 15 is 0 Å². The van der Waals surface area contributed by atoms with Gasteiger partial charge < -0.3 is 9.80 Å². The van der Waals surface area contributed by atoms with Crippen molar-refractivity contribution in [3.05, 3.63) is 54.1 Å². The van der Waals surface area contributed by atoms with Crippen LogP contribution in [0.5, 0.6) is 0 Å². The zero-order valence-electron chi connectivity index (χ0n) is 12.4. The summed E-state index contributed by atoms with van der Waals surface area (Å²) in [5.41, 5.74) is 3.57. The van der Waals surface area contributed by atoms with Crippen LogP contribution >= 0.6 is 11.8 Å². The predicted octanol–water partition coefficient (Wildman–Crippen LogP) is 3.19. The topological polar surface area (TPSA) is 23.6 Å². The lowest BCUT2D eigenvalue weighted by atomic mass is 10.2. The van der Waals surface area contributed by atoms with Crippen LogP contribution in [0.25, 0.3) is 0 Å². The average molecular weight is 310 g/mol. The van der Waals surface area contributed by atoms with Gasteiger partial charge in [0.15, 0.2) is 0 Å². The van der Waals surface area contributed by atoms with E-state index in [1.165, 1.54) is 16.1 Å². The molecule has 0 N–H and O–H groups in total. The summed E-state index contributed by atoms with van der Waals surface area (Å²) in [5.74, 6) is 1.24.